The number of benzene rings is 2. The Morgan fingerprint density at radius 1 is 1.21 bits per heavy atom. The Balaban J connectivity index is 2.05. The Bertz CT molecular complexity index is 1240. The van der Waals surface area contributed by atoms with E-state index in [1.165, 1.54) is 31.4 Å². The van der Waals surface area contributed by atoms with Crippen LogP contribution < -0.4 is 10.4 Å². The molecule has 2 aromatic carbocycles. The number of hydrogen-bond acceptors (Lipinski definition) is 5. The highest BCUT2D eigenvalue weighted by atomic mass is 35.5. The molecule has 3 aromatic rings. The van der Waals surface area contributed by atoms with Crippen LogP contribution in [0.2, 0.25) is 5.02 Å². The van der Waals surface area contributed by atoms with Crippen LogP contribution in [0.3, 0.4) is 0 Å². The molecule has 2 atom stereocenters. The van der Waals surface area contributed by atoms with Crippen LogP contribution in [0.25, 0.3) is 10.8 Å². The van der Waals surface area contributed by atoms with Crippen LogP contribution in [0.4, 0.5) is 18.9 Å². The summed E-state index contributed by atoms with van der Waals surface area (Å²) in [5.41, 5.74) is -2.63. The molecule has 0 fully saturated rings. The lowest BCUT2D eigenvalue weighted by molar-refractivity contribution is -0.232. The SMILES string of the molecule is CCC(CC(O)(C=Nc1cccc2c(=O)occc12)C(F)(F)F)c1ccc(Cl)c(C)c1OC. The van der Waals surface area contributed by atoms with Crippen molar-refractivity contribution >= 4 is 34.3 Å². The first-order valence-electron chi connectivity index (χ1n) is 10.2. The van der Waals surface area contributed by atoms with E-state index in [0.29, 0.717) is 39.9 Å². The van der Waals surface area contributed by atoms with Gasteiger partial charge in [0.1, 0.15) is 5.75 Å². The van der Waals surface area contributed by atoms with E-state index >= 15 is 0 Å². The number of rotatable bonds is 7. The molecule has 0 aliphatic rings. The topological polar surface area (TPSA) is 72.0 Å². The highest BCUT2D eigenvalue weighted by molar-refractivity contribution is 6.31. The quantitative estimate of drug-likeness (QED) is 0.399. The zero-order chi connectivity index (χ0) is 24.4. The third kappa shape index (κ3) is 4.91. The predicted molar refractivity (Wildman–Crippen MR) is 122 cm³/mol. The van der Waals surface area contributed by atoms with Crippen LogP contribution in [0.1, 0.15) is 36.8 Å². The number of fused-ring (bicyclic) bond motifs is 1. The first-order valence-corrected chi connectivity index (χ1v) is 10.6. The van der Waals surface area contributed by atoms with Gasteiger partial charge in [-0.15, -0.1) is 0 Å². The second-order valence-corrected chi connectivity index (χ2v) is 8.14. The maximum absolute atomic E-state index is 14.1. The van der Waals surface area contributed by atoms with Crippen LogP contribution in [0, 0.1) is 6.92 Å². The van der Waals surface area contributed by atoms with Gasteiger partial charge in [0.25, 0.3) is 0 Å². The molecule has 0 saturated carbocycles. The van der Waals surface area contributed by atoms with Gasteiger partial charge in [-0.1, -0.05) is 30.7 Å². The summed E-state index contributed by atoms with van der Waals surface area (Å²) in [7, 11) is 1.42. The molecule has 1 N–H and O–H groups in total. The summed E-state index contributed by atoms with van der Waals surface area (Å²) in [5.74, 6) is -0.315. The Hall–Kier alpha value is -2.84. The van der Waals surface area contributed by atoms with Gasteiger partial charge in [-0.25, -0.2) is 4.79 Å². The molecule has 0 spiro atoms. The molecular formula is C24H23ClF3NO4. The minimum atomic E-state index is -5.00. The van der Waals surface area contributed by atoms with Crippen molar-refractivity contribution in [3.63, 3.8) is 0 Å². The summed E-state index contributed by atoms with van der Waals surface area (Å²) in [6, 6.07) is 9.07. The number of halogens is 4. The van der Waals surface area contributed by atoms with Gasteiger partial charge in [0.15, 0.2) is 5.60 Å². The smallest absolute Gasteiger partial charge is 0.422 e. The first kappa shape index (κ1) is 24.8. The lowest BCUT2D eigenvalue weighted by Gasteiger charge is -2.31. The molecule has 33 heavy (non-hydrogen) atoms. The molecule has 0 saturated heterocycles. The molecule has 0 aliphatic heterocycles. The molecular weight excluding hydrogens is 459 g/mol. The average molecular weight is 482 g/mol. The van der Waals surface area contributed by atoms with E-state index < -0.39 is 29.7 Å². The number of nitrogens with zero attached hydrogens (tertiary/aromatic N) is 1. The summed E-state index contributed by atoms with van der Waals surface area (Å²) < 4.78 is 52.4. The Kier molecular flexibility index (Phi) is 7.19. The number of ether oxygens (including phenoxy) is 1. The summed E-state index contributed by atoms with van der Waals surface area (Å²) in [6.07, 6.45) is -3.74. The Morgan fingerprint density at radius 2 is 1.94 bits per heavy atom. The summed E-state index contributed by atoms with van der Waals surface area (Å²) >= 11 is 6.14. The number of aliphatic hydroxyl groups is 1. The molecule has 1 heterocycles. The number of aliphatic imine (C=N–C) groups is 1. The predicted octanol–water partition coefficient (Wildman–Crippen LogP) is 6.34. The minimum absolute atomic E-state index is 0.107. The molecule has 0 bridgehead atoms. The molecule has 5 nitrogen and oxygen atoms in total. The van der Waals surface area contributed by atoms with E-state index in [2.05, 4.69) is 4.99 Å². The average Bonchev–Trinajstić information content (AvgIpc) is 2.77. The fourth-order valence-corrected chi connectivity index (χ4v) is 3.94. The molecule has 9 heteroatoms. The minimum Gasteiger partial charge on any atom is -0.496 e. The third-order valence-electron chi connectivity index (χ3n) is 5.69. The number of methoxy groups -OCH3 is 1. The normalized spacial score (nSPS) is 15.0. The highest BCUT2D eigenvalue weighted by Crippen LogP contribution is 2.43. The monoisotopic (exact) mass is 481 g/mol. The number of alkyl halides is 3. The molecule has 2 unspecified atom stereocenters. The maximum atomic E-state index is 14.1. The molecule has 0 radical (unpaired) electrons. The zero-order valence-electron chi connectivity index (χ0n) is 18.2. The van der Waals surface area contributed by atoms with Crippen molar-refractivity contribution in [2.75, 3.05) is 7.11 Å². The maximum Gasteiger partial charge on any atom is 0.422 e. The van der Waals surface area contributed by atoms with Gasteiger partial charge in [0.2, 0.25) is 0 Å². The van der Waals surface area contributed by atoms with E-state index in [9.17, 15) is 23.1 Å². The van der Waals surface area contributed by atoms with Crippen molar-refractivity contribution < 1.29 is 27.4 Å². The standard InChI is InChI=1S/C24H23ClF3NO4/c1-4-15(16-8-9-19(25)14(2)21(16)32-3)12-23(31,24(26,27)28)13-29-20-7-5-6-18-17(20)10-11-33-22(18)30/h5-11,13,15,31H,4,12H2,1-3H3. The van der Waals surface area contributed by atoms with E-state index in [-0.39, 0.29) is 11.1 Å². The van der Waals surface area contributed by atoms with E-state index in [1.807, 2.05) is 0 Å². The van der Waals surface area contributed by atoms with Crippen LogP contribution in [-0.4, -0.2) is 30.2 Å². The van der Waals surface area contributed by atoms with Crippen LogP contribution in [0.5, 0.6) is 5.75 Å². The van der Waals surface area contributed by atoms with Crippen LogP contribution in [-0.2, 0) is 0 Å². The first-order chi connectivity index (χ1) is 15.5. The van der Waals surface area contributed by atoms with E-state index in [1.54, 1.807) is 26.0 Å². The molecule has 176 valence electrons. The number of hydrogen-bond donors (Lipinski definition) is 1. The Labute approximate surface area is 193 Å². The highest BCUT2D eigenvalue weighted by Gasteiger charge is 2.53. The van der Waals surface area contributed by atoms with Crippen molar-refractivity contribution in [3.8, 4) is 5.75 Å². The zero-order valence-corrected chi connectivity index (χ0v) is 19.0. The van der Waals surface area contributed by atoms with E-state index in [0.717, 1.165) is 6.26 Å². The molecule has 0 amide bonds. The van der Waals surface area contributed by atoms with Crippen molar-refractivity contribution in [1.29, 1.82) is 0 Å². The van der Waals surface area contributed by atoms with Crippen LogP contribution in [0.15, 0.2) is 56.9 Å². The van der Waals surface area contributed by atoms with Gasteiger partial charge in [0, 0.05) is 22.2 Å². The molecule has 3 rings (SSSR count). The molecule has 1 aromatic heterocycles. The van der Waals surface area contributed by atoms with Crippen molar-refractivity contribution in [3.05, 3.63) is 69.2 Å². The summed E-state index contributed by atoms with van der Waals surface area (Å²) in [4.78, 5) is 15.8. The van der Waals surface area contributed by atoms with Gasteiger partial charge in [-0.2, -0.15) is 13.2 Å². The van der Waals surface area contributed by atoms with Gasteiger partial charge >= 0.3 is 11.8 Å². The second-order valence-electron chi connectivity index (χ2n) is 7.73. The van der Waals surface area contributed by atoms with Crippen molar-refractivity contribution in [2.45, 2.75) is 44.4 Å². The lowest BCUT2D eigenvalue weighted by Crippen LogP contribution is -2.47. The summed E-state index contributed by atoms with van der Waals surface area (Å²) in [6.45, 7) is 3.44. The summed E-state index contributed by atoms with van der Waals surface area (Å²) in [5, 5.41) is 11.7. The molecule has 0 aliphatic carbocycles. The van der Waals surface area contributed by atoms with E-state index in [4.69, 9.17) is 20.8 Å². The fourth-order valence-electron chi connectivity index (χ4n) is 3.79. The second kappa shape index (κ2) is 9.57. The largest absolute Gasteiger partial charge is 0.496 e. The van der Waals surface area contributed by atoms with Gasteiger partial charge in [0.05, 0.1) is 24.4 Å². The van der Waals surface area contributed by atoms with Gasteiger partial charge < -0.3 is 14.3 Å². The lowest BCUT2D eigenvalue weighted by atomic mass is 9.83. The van der Waals surface area contributed by atoms with Crippen LogP contribution >= 0.6 is 11.6 Å². The Morgan fingerprint density at radius 3 is 2.58 bits per heavy atom. The fraction of sp³-hybridized carbons (Fsp3) is 0.333. The van der Waals surface area contributed by atoms with Crippen molar-refractivity contribution in [1.82, 2.24) is 0 Å². The van der Waals surface area contributed by atoms with Gasteiger partial charge in [-0.3, -0.25) is 4.99 Å². The third-order valence-corrected chi connectivity index (χ3v) is 6.09. The van der Waals surface area contributed by atoms with Gasteiger partial charge in [-0.05, 0) is 55.5 Å². The van der Waals surface area contributed by atoms with Crippen molar-refractivity contribution in [2.24, 2.45) is 4.99 Å².